The summed E-state index contributed by atoms with van der Waals surface area (Å²) in [6, 6.07) is 0.408. The highest BCUT2D eigenvalue weighted by atomic mass is 32.1. The standard InChI is InChI=1S/C12H21N3S/c1-9-8-16-12(14-9)15-11(7-13)10-5-3-2-4-6-10/h8,10-11H,2-7,13H2,1H3,(H,14,15). The summed E-state index contributed by atoms with van der Waals surface area (Å²) in [7, 11) is 0. The third-order valence-electron chi connectivity index (χ3n) is 3.40. The van der Waals surface area contributed by atoms with Crippen LogP contribution in [0, 0.1) is 12.8 Å². The van der Waals surface area contributed by atoms with Gasteiger partial charge in [-0.25, -0.2) is 4.98 Å². The summed E-state index contributed by atoms with van der Waals surface area (Å²) in [5, 5.41) is 6.61. The fourth-order valence-electron chi connectivity index (χ4n) is 2.48. The molecule has 0 saturated heterocycles. The van der Waals surface area contributed by atoms with E-state index in [1.165, 1.54) is 32.1 Å². The molecule has 0 spiro atoms. The Bertz CT molecular complexity index is 318. The Hall–Kier alpha value is -0.610. The van der Waals surface area contributed by atoms with Crippen molar-refractivity contribution >= 4 is 16.5 Å². The van der Waals surface area contributed by atoms with Gasteiger partial charge in [0.25, 0.3) is 0 Å². The maximum absolute atomic E-state index is 5.87. The molecule has 1 aliphatic carbocycles. The van der Waals surface area contributed by atoms with Gasteiger partial charge in [-0.1, -0.05) is 19.3 Å². The maximum atomic E-state index is 5.87. The van der Waals surface area contributed by atoms with Crippen molar-refractivity contribution in [2.24, 2.45) is 11.7 Å². The number of aromatic nitrogens is 1. The number of rotatable bonds is 4. The fourth-order valence-corrected chi connectivity index (χ4v) is 3.24. The van der Waals surface area contributed by atoms with Crippen LogP contribution < -0.4 is 11.1 Å². The van der Waals surface area contributed by atoms with Crippen LogP contribution in [0.4, 0.5) is 5.13 Å². The van der Waals surface area contributed by atoms with Gasteiger partial charge in [-0.05, 0) is 25.7 Å². The first-order chi connectivity index (χ1) is 7.79. The molecular weight excluding hydrogens is 218 g/mol. The summed E-state index contributed by atoms with van der Waals surface area (Å²) in [6.45, 7) is 2.74. The van der Waals surface area contributed by atoms with Gasteiger partial charge in [0.15, 0.2) is 5.13 Å². The molecule has 0 aromatic carbocycles. The molecule has 4 heteroatoms. The van der Waals surface area contributed by atoms with Crippen molar-refractivity contribution in [3.63, 3.8) is 0 Å². The lowest BCUT2D eigenvalue weighted by atomic mass is 9.84. The molecule has 1 fully saturated rings. The van der Waals surface area contributed by atoms with Crippen molar-refractivity contribution in [3.8, 4) is 0 Å². The minimum absolute atomic E-state index is 0.408. The van der Waals surface area contributed by atoms with Gasteiger partial charge in [0.2, 0.25) is 0 Å². The van der Waals surface area contributed by atoms with Gasteiger partial charge in [0.1, 0.15) is 0 Å². The summed E-state index contributed by atoms with van der Waals surface area (Å²) in [6.07, 6.45) is 6.75. The Morgan fingerprint density at radius 3 is 2.81 bits per heavy atom. The second kappa shape index (κ2) is 5.64. The maximum Gasteiger partial charge on any atom is 0.183 e. The van der Waals surface area contributed by atoms with Gasteiger partial charge in [0, 0.05) is 18.0 Å². The monoisotopic (exact) mass is 239 g/mol. The first-order valence-electron chi connectivity index (χ1n) is 6.18. The predicted molar refractivity (Wildman–Crippen MR) is 69.9 cm³/mol. The third kappa shape index (κ3) is 2.95. The quantitative estimate of drug-likeness (QED) is 0.849. The summed E-state index contributed by atoms with van der Waals surface area (Å²) in [5.41, 5.74) is 6.96. The van der Waals surface area contributed by atoms with Crippen LogP contribution in [0.1, 0.15) is 37.8 Å². The Labute approximate surface area is 101 Å². The lowest BCUT2D eigenvalue weighted by Crippen LogP contribution is -2.37. The van der Waals surface area contributed by atoms with E-state index in [1.807, 2.05) is 6.92 Å². The van der Waals surface area contributed by atoms with E-state index in [1.54, 1.807) is 11.3 Å². The molecule has 1 aliphatic rings. The number of thiazole rings is 1. The summed E-state index contributed by atoms with van der Waals surface area (Å²) >= 11 is 1.68. The lowest BCUT2D eigenvalue weighted by Gasteiger charge is -2.29. The largest absolute Gasteiger partial charge is 0.357 e. The second-order valence-corrected chi connectivity index (χ2v) is 5.54. The SMILES string of the molecule is Cc1csc(NC(CN)C2CCCCC2)n1. The molecule has 1 aromatic heterocycles. The van der Waals surface area contributed by atoms with E-state index < -0.39 is 0 Å². The zero-order valence-electron chi connectivity index (χ0n) is 9.91. The van der Waals surface area contributed by atoms with Crippen LogP contribution in [0.5, 0.6) is 0 Å². The van der Waals surface area contributed by atoms with Crippen molar-refractivity contribution in [3.05, 3.63) is 11.1 Å². The highest BCUT2D eigenvalue weighted by Gasteiger charge is 2.22. The Morgan fingerprint density at radius 1 is 1.50 bits per heavy atom. The molecule has 0 radical (unpaired) electrons. The van der Waals surface area contributed by atoms with Crippen molar-refractivity contribution in [2.75, 3.05) is 11.9 Å². The molecule has 3 N–H and O–H groups in total. The van der Waals surface area contributed by atoms with Gasteiger partial charge in [-0.15, -0.1) is 11.3 Å². The van der Waals surface area contributed by atoms with Crippen molar-refractivity contribution in [1.29, 1.82) is 0 Å². The minimum atomic E-state index is 0.408. The first kappa shape index (κ1) is 11.9. The van der Waals surface area contributed by atoms with Crippen LogP contribution in [0.15, 0.2) is 5.38 Å². The smallest absolute Gasteiger partial charge is 0.183 e. The fraction of sp³-hybridized carbons (Fsp3) is 0.750. The average molecular weight is 239 g/mol. The van der Waals surface area contributed by atoms with E-state index in [2.05, 4.69) is 15.7 Å². The van der Waals surface area contributed by atoms with E-state index >= 15 is 0 Å². The zero-order valence-corrected chi connectivity index (χ0v) is 10.7. The predicted octanol–water partition coefficient (Wildman–Crippen LogP) is 2.77. The summed E-state index contributed by atoms with van der Waals surface area (Å²) in [4.78, 5) is 4.45. The number of nitrogens with zero attached hydrogens (tertiary/aromatic N) is 1. The van der Waals surface area contributed by atoms with Crippen molar-refractivity contribution in [1.82, 2.24) is 4.98 Å². The number of hydrogen-bond acceptors (Lipinski definition) is 4. The van der Waals surface area contributed by atoms with E-state index in [-0.39, 0.29) is 0 Å². The number of aryl methyl sites for hydroxylation is 1. The van der Waals surface area contributed by atoms with E-state index in [9.17, 15) is 0 Å². The molecule has 16 heavy (non-hydrogen) atoms. The van der Waals surface area contributed by atoms with Crippen LogP contribution in [0.2, 0.25) is 0 Å². The first-order valence-corrected chi connectivity index (χ1v) is 7.06. The van der Waals surface area contributed by atoms with Crippen LogP contribution in [-0.2, 0) is 0 Å². The number of nitrogens with one attached hydrogen (secondary N) is 1. The lowest BCUT2D eigenvalue weighted by molar-refractivity contribution is 0.320. The molecule has 1 saturated carbocycles. The van der Waals surface area contributed by atoms with E-state index in [4.69, 9.17) is 5.73 Å². The molecule has 0 aliphatic heterocycles. The number of hydrogen-bond donors (Lipinski definition) is 2. The molecule has 0 bridgehead atoms. The topological polar surface area (TPSA) is 50.9 Å². The number of anilines is 1. The normalized spacial score (nSPS) is 19.6. The van der Waals surface area contributed by atoms with Crippen LogP contribution >= 0.6 is 11.3 Å². The van der Waals surface area contributed by atoms with Gasteiger partial charge in [-0.3, -0.25) is 0 Å². The minimum Gasteiger partial charge on any atom is -0.357 e. The van der Waals surface area contributed by atoms with Gasteiger partial charge >= 0.3 is 0 Å². The Morgan fingerprint density at radius 2 is 2.25 bits per heavy atom. The van der Waals surface area contributed by atoms with Crippen LogP contribution in [0.25, 0.3) is 0 Å². The third-order valence-corrected chi connectivity index (χ3v) is 4.29. The van der Waals surface area contributed by atoms with Gasteiger partial charge in [0.05, 0.1) is 5.69 Å². The average Bonchev–Trinajstić information content (AvgIpc) is 2.73. The highest BCUT2D eigenvalue weighted by Crippen LogP contribution is 2.28. The highest BCUT2D eigenvalue weighted by molar-refractivity contribution is 7.13. The summed E-state index contributed by atoms with van der Waals surface area (Å²) in [5.74, 6) is 0.739. The van der Waals surface area contributed by atoms with Crippen molar-refractivity contribution in [2.45, 2.75) is 45.1 Å². The van der Waals surface area contributed by atoms with E-state index in [0.717, 1.165) is 16.7 Å². The number of nitrogens with two attached hydrogens (primary N) is 1. The van der Waals surface area contributed by atoms with Gasteiger partial charge < -0.3 is 11.1 Å². The molecular formula is C12H21N3S. The summed E-state index contributed by atoms with van der Waals surface area (Å²) < 4.78 is 0. The zero-order chi connectivity index (χ0) is 11.4. The second-order valence-electron chi connectivity index (χ2n) is 4.68. The Balaban J connectivity index is 1.94. The molecule has 0 amide bonds. The van der Waals surface area contributed by atoms with Crippen LogP contribution in [-0.4, -0.2) is 17.6 Å². The molecule has 2 rings (SSSR count). The van der Waals surface area contributed by atoms with Crippen molar-refractivity contribution < 1.29 is 0 Å². The molecule has 1 aromatic rings. The van der Waals surface area contributed by atoms with E-state index in [0.29, 0.717) is 12.6 Å². The molecule has 3 nitrogen and oxygen atoms in total. The molecule has 1 unspecified atom stereocenters. The molecule has 1 atom stereocenters. The Kier molecular flexibility index (Phi) is 4.18. The molecule has 1 heterocycles. The van der Waals surface area contributed by atoms with Gasteiger partial charge in [-0.2, -0.15) is 0 Å². The molecule has 90 valence electrons. The van der Waals surface area contributed by atoms with Crippen LogP contribution in [0.3, 0.4) is 0 Å².